The summed E-state index contributed by atoms with van der Waals surface area (Å²) in [4.78, 5) is 15.0. The highest BCUT2D eigenvalue weighted by molar-refractivity contribution is 6.03. The van der Waals surface area contributed by atoms with Gasteiger partial charge in [0.05, 0.1) is 22.7 Å². The zero-order valence-electron chi connectivity index (χ0n) is 45.9. The Labute approximate surface area is 456 Å². The van der Waals surface area contributed by atoms with E-state index in [9.17, 15) is 0 Å². The highest BCUT2D eigenvalue weighted by Crippen LogP contribution is 2.54. The van der Waals surface area contributed by atoms with Crippen LogP contribution in [0, 0.1) is 0 Å². The standard InChI is InChI=1S/C72H67N5/c1-70(2,3)53-34-32-50(33-35-53)51-38-39-73-69(42-51)77-65-29-19-18-28-63(65)61-26-16-17-27-62(61)64-37-36-57(47-68(64)77)76(56-24-14-11-15-25-56)60-41-52(49-22-12-10-13-23-49)40-58(46-60)74-48-75(67-31-21-20-30-66(67)74)59-44-54(71(4,5)6)43-55(45-59)72(7,8)9/h10-47H,48H2,1-9H3. The first-order chi connectivity index (χ1) is 37.1. The molecule has 1 aromatic heterocycles. The second kappa shape index (κ2) is 19.2. The van der Waals surface area contributed by atoms with Crippen molar-refractivity contribution in [2.45, 2.75) is 78.6 Å². The first-order valence-corrected chi connectivity index (χ1v) is 27.1. The average Bonchev–Trinajstić information content (AvgIpc) is 3.88. The Bertz CT molecular complexity index is 3770. The summed E-state index contributed by atoms with van der Waals surface area (Å²) in [5.74, 6) is 0.848. The molecule has 0 saturated heterocycles. The van der Waals surface area contributed by atoms with Crippen LogP contribution in [0.15, 0.2) is 231 Å². The van der Waals surface area contributed by atoms with Gasteiger partial charge in [0, 0.05) is 45.8 Å². The monoisotopic (exact) mass is 1000 g/mol. The summed E-state index contributed by atoms with van der Waals surface area (Å²) in [5, 5.41) is 0. The molecule has 12 rings (SSSR count). The smallest absolute Gasteiger partial charge is 0.138 e. The van der Waals surface area contributed by atoms with Gasteiger partial charge in [0.1, 0.15) is 12.5 Å². The fourth-order valence-corrected chi connectivity index (χ4v) is 11.2. The maximum atomic E-state index is 5.22. The fourth-order valence-electron chi connectivity index (χ4n) is 11.2. The van der Waals surface area contributed by atoms with Crippen molar-refractivity contribution in [2.24, 2.45) is 0 Å². The van der Waals surface area contributed by atoms with Crippen molar-refractivity contribution >= 4 is 57.0 Å². The van der Waals surface area contributed by atoms with Crippen LogP contribution in [0.25, 0.3) is 44.5 Å². The minimum atomic E-state index is -0.0200. The topological polar surface area (TPSA) is 25.9 Å². The SMILES string of the molecule is CC(C)(C)c1ccc(-c2ccnc(N3c4ccccc4-c4ccccc4-c4ccc(N(c5ccccc5)c5cc(-c6ccccc6)cc(N6CN(c7cc(C(C)(C)C)cc(C(C)(C)C)c7)c7ccccc76)c5)cc43)c2)cc1. The Morgan fingerprint density at radius 1 is 0.338 bits per heavy atom. The number of hydrogen-bond acceptors (Lipinski definition) is 5. The van der Waals surface area contributed by atoms with E-state index in [-0.39, 0.29) is 16.2 Å². The number of nitrogens with zero attached hydrogens (tertiary/aromatic N) is 5. The van der Waals surface area contributed by atoms with Gasteiger partial charge in [-0.25, -0.2) is 4.98 Å². The summed E-state index contributed by atoms with van der Waals surface area (Å²) < 4.78 is 0. The van der Waals surface area contributed by atoms with Crippen LogP contribution in [0.3, 0.4) is 0 Å². The molecule has 0 saturated carbocycles. The highest BCUT2D eigenvalue weighted by Gasteiger charge is 2.33. The average molecular weight is 1000 g/mol. The molecule has 5 nitrogen and oxygen atoms in total. The molecule has 2 aliphatic rings. The van der Waals surface area contributed by atoms with Crippen molar-refractivity contribution in [2.75, 3.05) is 26.3 Å². The molecule has 0 fully saturated rings. The molecule has 77 heavy (non-hydrogen) atoms. The van der Waals surface area contributed by atoms with Gasteiger partial charge < -0.3 is 14.7 Å². The van der Waals surface area contributed by atoms with Gasteiger partial charge in [0.2, 0.25) is 0 Å². The summed E-state index contributed by atoms with van der Waals surface area (Å²) >= 11 is 0. The second-order valence-electron chi connectivity index (χ2n) is 23.9. The molecule has 0 bridgehead atoms. The number of hydrogen-bond donors (Lipinski definition) is 0. The molecule has 2 aliphatic heterocycles. The molecule has 0 spiro atoms. The lowest BCUT2D eigenvalue weighted by atomic mass is 9.80. The number of aromatic nitrogens is 1. The van der Waals surface area contributed by atoms with Gasteiger partial charge >= 0.3 is 0 Å². The van der Waals surface area contributed by atoms with Gasteiger partial charge in [-0.2, -0.15) is 0 Å². The number of anilines is 10. The molecule has 0 atom stereocenters. The third-order valence-electron chi connectivity index (χ3n) is 15.5. The zero-order valence-corrected chi connectivity index (χ0v) is 45.9. The number of para-hydroxylation sites is 4. The first-order valence-electron chi connectivity index (χ1n) is 27.1. The van der Waals surface area contributed by atoms with Crippen LogP contribution in [0.2, 0.25) is 0 Å². The summed E-state index contributed by atoms with van der Waals surface area (Å²) in [7, 11) is 0. The minimum absolute atomic E-state index is 0.0200. The van der Waals surface area contributed by atoms with Crippen molar-refractivity contribution in [3.05, 3.63) is 247 Å². The van der Waals surface area contributed by atoms with E-state index in [4.69, 9.17) is 4.98 Å². The van der Waals surface area contributed by atoms with Crippen LogP contribution >= 0.6 is 0 Å². The molecule has 10 aromatic rings. The predicted octanol–water partition coefficient (Wildman–Crippen LogP) is 20.1. The van der Waals surface area contributed by atoms with Crippen molar-refractivity contribution in [1.29, 1.82) is 0 Å². The lowest BCUT2D eigenvalue weighted by Gasteiger charge is -2.31. The molecule has 0 aliphatic carbocycles. The molecule has 5 heteroatoms. The lowest BCUT2D eigenvalue weighted by molar-refractivity contribution is 0.568. The van der Waals surface area contributed by atoms with Gasteiger partial charge in [-0.15, -0.1) is 0 Å². The zero-order chi connectivity index (χ0) is 53.2. The molecule has 9 aromatic carbocycles. The van der Waals surface area contributed by atoms with Crippen molar-refractivity contribution in [1.82, 2.24) is 4.98 Å². The Hall–Kier alpha value is -8.67. The molecule has 3 heterocycles. The summed E-state index contributed by atoms with van der Waals surface area (Å²) in [6.45, 7) is 21.4. The van der Waals surface area contributed by atoms with Crippen LogP contribution in [0.1, 0.15) is 79.0 Å². The molecule has 0 unspecified atom stereocenters. The molecule has 380 valence electrons. The van der Waals surface area contributed by atoms with Crippen LogP contribution in [0.5, 0.6) is 0 Å². The van der Waals surface area contributed by atoms with Crippen LogP contribution in [-0.4, -0.2) is 11.7 Å². The van der Waals surface area contributed by atoms with E-state index < -0.39 is 0 Å². The van der Waals surface area contributed by atoms with E-state index in [1.807, 2.05) is 6.20 Å². The normalized spacial score (nSPS) is 13.1. The maximum Gasteiger partial charge on any atom is 0.138 e. The largest absolute Gasteiger partial charge is 0.321 e. The summed E-state index contributed by atoms with van der Waals surface area (Å²) in [5.41, 5.74) is 23.1. The number of fused-ring (bicyclic) bond motifs is 6. The summed E-state index contributed by atoms with van der Waals surface area (Å²) in [6.07, 6.45) is 1.96. The Morgan fingerprint density at radius 3 is 1.47 bits per heavy atom. The maximum absolute atomic E-state index is 5.22. The molecular formula is C72H67N5. The lowest BCUT2D eigenvalue weighted by Crippen LogP contribution is -2.25. The van der Waals surface area contributed by atoms with Gasteiger partial charge in [0.15, 0.2) is 0 Å². The second-order valence-corrected chi connectivity index (χ2v) is 23.9. The van der Waals surface area contributed by atoms with Crippen molar-refractivity contribution in [3.8, 4) is 44.5 Å². The van der Waals surface area contributed by atoms with Crippen LogP contribution < -0.4 is 19.6 Å². The Morgan fingerprint density at radius 2 is 0.857 bits per heavy atom. The Balaban J connectivity index is 1.05. The van der Waals surface area contributed by atoms with Gasteiger partial charge in [-0.05, 0) is 151 Å². The Kier molecular flexibility index (Phi) is 12.3. The van der Waals surface area contributed by atoms with Crippen LogP contribution in [0.4, 0.5) is 57.0 Å². The van der Waals surface area contributed by atoms with Crippen molar-refractivity contribution < 1.29 is 0 Å². The number of benzene rings is 9. The summed E-state index contributed by atoms with van der Waals surface area (Å²) in [6, 6.07) is 82.9. The van der Waals surface area contributed by atoms with E-state index >= 15 is 0 Å². The van der Waals surface area contributed by atoms with Gasteiger partial charge in [0.25, 0.3) is 0 Å². The van der Waals surface area contributed by atoms with E-state index in [2.05, 4.69) is 306 Å². The van der Waals surface area contributed by atoms with Crippen molar-refractivity contribution in [3.63, 3.8) is 0 Å². The van der Waals surface area contributed by atoms with Crippen LogP contribution in [-0.2, 0) is 16.2 Å². The van der Waals surface area contributed by atoms with Gasteiger partial charge in [-0.1, -0.05) is 202 Å². The number of pyridine rings is 1. The van der Waals surface area contributed by atoms with E-state index in [0.29, 0.717) is 6.67 Å². The van der Waals surface area contributed by atoms with E-state index in [1.54, 1.807) is 0 Å². The fraction of sp³-hybridized carbons (Fsp3) is 0.181. The van der Waals surface area contributed by atoms with E-state index in [1.165, 1.54) is 44.9 Å². The molecule has 0 N–H and O–H groups in total. The molecule has 0 radical (unpaired) electrons. The van der Waals surface area contributed by atoms with Gasteiger partial charge in [-0.3, -0.25) is 4.90 Å². The first kappa shape index (κ1) is 49.2. The highest BCUT2D eigenvalue weighted by atomic mass is 15.4. The number of rotatable bonds is 8. The third-order valence-corrected chi connectivity index (χ3v) is 15.5. The minimum Gasteiger partial charge on any atom is -0.321 e. The predicted molar refractivity (Wildman–Crippen MR) is 327 cm³/mol. The molecule has 0 amide bonds. The quantitative estimate of drug-likeness (QED) is 0.151. The third kappa shape index (κ3) is 9.35. The van der Waals surface area contributed by atoms with E-state index in [0.717, 1.165) is 73.3 Å². The molecular weight excluding hydrogens is 935 g/mol.